The molecule has 264 valence electrons. The molecule has 0 aromatic heterocycles. The lowest BCUT2D eigenvalue weighted by Gasteiger charge is -2.25. The zero-order valence-corrected chi connectivity index (χ0v) is 30.4. The minimum absolute atomic E-state index is 0.0773. The highest BCUT2D eigenvalue weighted by Crippen LogP contribution is 2.48. The second-order valence-electron chi connectivity index (χ2n) is 12.8. The van der Waals surface area contributed by atoms with E-state index in [0.29, 0.717) is 36.5 Å². The predicted molar refractivity (Wildman–Crippen MR) is 202 cm³/mol. The third kappa shape index (κ3) is 8.72. The van der Waals surface area contributed by atoms with Gasteiger partial charge in [0, 0.05) is 23.2 Å². The number of Topliss-reactive ketones (excluding diaryl/α,β-unsaturated/α-hetero) is 1. The van der Waals surface area contributed by atoms with Crippen LogP contribution in [-0.2, 0) is 32.0 Å². The van der Waals surface area contributed by atoms with Crippen LogP contribution in [0.4, 0.5) is 0 Å². The number of amides is 1. The highest BCUT2D eigenvalue weighted by Gasteiger charge is 2.28. The summed E-state index contributed by atoms with van der Waals surface area (Å²) < 4.78 is 17.4. The van der Waals surface area contributed by atoms with E-state index in [1.807, 2.05) is 51.1 Å². The summed E-state index contributed by atoms with van der Waals surface area (Å²) in [5.41, 5.74) is 4.18. The zero-order valence-electron chi connectivity index (χ0n) is 30.4. The van der Waals surface area contributed by atoms with Crippen molar-refractivity contribution in [3.05, 3.63) is 96.2 Å². The largest absolute Gasteiger partial charge is 0.496 e. The quantitative estimate of drug-likeness (QED) is 0.0865. The van der Waals surface area contributed by atoms with Crippen molar-refractivity contribution in [2.24, 2.45) is 5.92 Å². The normalized spacial score (nSPS) is 13.1. The molecule has 0 saturated carbocycles. The molecule has 0 aliphatic carbocycles. The molecule has 4 aromatic rings. The van der Waals surface area contributed by atoms with Crippen molar-refractivity contribution in [3.63, 3.8) is 0 Å². The van der Waals surface area contributed by atoms with Gasteiger partial charge in [-0.15, -0.1) is 0 Å². The van der Waals surface area contributed by atoms with Crippen molar-refractivity contribution >= 4 is 39.2 Å². The van der Waals surface area contributed by atoms with Gasteiger partial charge >= 0.3 is 5.97 Å². The van der Waals surface area contributed by atoms with Gasteiger partial charge in [0.2, 0.25) is 5.91 Å². The Hall–Kier alpha value is -5.11. The number of hydrogen-bond donors (Lipinski definition) is 2. The van der Waals surface area contributed by atoms with E-state index in [4.69, 9.17) is 14.2 Å². The first-order chi connectivity index (χ1) is 24.0. The fourth-order valence-electron chi connectivity index (χ4n) is 6.51. The van der Waals surface area contributed by atoms with Gasteiger partial charge < -0.3 is 24.8 Å². The summed E-state index contributed by atoms with van der Waals surface area (Å²) in [6.45, 7) is 11.2. The Morgan fingerprint density at radius 1 is 0.800 bits per heavy atom. The van der Waals surface area contributed by atoms with Crippen LogP contribution < -0.4 is 20.1 Å². The van der Waals surface area contributed by atoms with Gasteiger partial charge in [-0.05, 0) is 77.9 Å². The molecule has 0 fully saturated rings. The maximum absolute atomic E-state index is 13.8. The van der Waals surface area contributed by atoms with Crippen molar-refractivity contribution in [1.82, 2.24) is 10.6 Å². The molecule has 0 bridgehead atoms. The van der Waals surface area contributed by atoms with Gasteiger partial charge in [0.25, 0.3) is 0 Å². The molecule has 4 rings (SSSR count). The Kier molecular flexibility index (Phi) is 13.2. The maximum Gasteiger partial charge on any atom is 0.308 e. The average Bonchev–Trinajstić information content (AvgIpc) is 3.10. The fraction of sp³-hybridized carbons (Fsp3) is 0.357. The number of ether oxygens (including phenoxy) is 3. The Labute approximate surface area is 295 Å². The van der Waals surface area contributed by atoms with E-state index in [1.165, 1.54) is 14.0 Å². The third-order valence-corrected chi connectivity index (χ3v) is 8.96. The van der Waals surface area contributed by atoms with E-state index in [0.717, 1.165) is 50.2 Å². The van der Waals surface area contributed by atoms with Crippen molar-refractivity contribution in [2.75, 3.05) is 21.3 Å². The molecular formula is C42H50N2O6. The topological polar surface area (TPSA) is 103 Å². The van der Waals surface area contributed by atoms with Gasteiger partial charge in [-0.25, -0.2) is 0 Å². The molecule has 0 aliphatic heterocycles. The number of ketones is 1. The van der Waals surface area contributed by atoms with E-state index in [-0.39, 0.29) is 30.0 Å². The summed E-state index contributed by atoms with van der Waals surface area (Å²) in [5, 5.41) is 10.2. The Morgan fingerprint density at radius 3 is 1.88 bits per heavy atom. The molecule has 1 amide bonds. The smallest absolute Gasteiger partial charge is 0.308 e. The first-order valence-corrected chi connectivity index (χ1v) is 17.2. The molecule has 0 saturated heterocycles. The first-order valence-electron chi connectivity index (χ1n) is 17.2. The second-order valence-corrected chi connectivity index (χ2v) is 12.8. The summed E-state index contributed by atoms with van der Waals surface area (Å²) >= 11 is 0. The van der Waals surface area contributed by atoms with E-state index < -0.39 is 12.1 Å². The summed E-state index contributed by atoms with van der Waals surface area (Å²) in [7, 11) is 4.73. The van der Waals surface area contributed by atoms with Gasteiger partial charge in [0.05, 0.1) is 33.3 Å². The molecule has 8 nitrogen and oxygen atoms in total. The van der Waals surface area contributed by atoms with Crippen molar-refractivity contribution in [2.45, 2.75) is 71.9 Å². The van der Waals surface area contributed by atoms with E-state index in [1.54, 1.807) is 14.2 Å². The predicted octanol–water partition coefficient (Wildman–Crippen LogP) is 7.88. The van der Waals surface area contributed by atoms with E-state index in [9.17, 15) is 14.4 Å². The monoisotopic (exact) mass is 678 g/mol. The minimum atomic E-state index is -0.711. The molecule has 2 N–H and O–H groups in total. The maximum atomic E-state index is 13.8. The highest BCUT2D eigenvalue weighted by atomic mass is 16.5. The van der Waals surface area contributed by atoms with Crippen molar-refractivity contribution < 1.29 is 28.6 Å². The molecular weight excluding hydrogens is 628 g/mol. The second kappa shape index (κ2) is 17.5. The van der Waals surface area contributed by atoms with Gasteiger partial charge in [0.1, 0.15) is 17.5 Å². The molecule has 0 radical (unpaired) electrons. The number of fused-ring (bicyclic) bond motifs is 2. The Morgan fingerprint density at radius 2 is 1.36 bits per heavy atom. The fourth-order valence-corrected chi connectivity index (χ4v) is 6.51. The molecule has 2 unspecified atom stereocenters. The summed E-state index contributed by atoms with van der Waals surface area (Å²) in [5.74, 6) is 0.506. The van der Waals surface area contributed by atoms with Crippen LogP contribution in [0.25, 0.3) is 32.7 Å². The SMILES string of the molecule is C=C(C)NC(Cc1cc2ccccc2c(-c2c(OC)c(C/C=C\C[C@H](C)C(=O)OC)cc3ccccc23)c1OC)C(=O)NC(CCC)C(C)=O. The van der Waals surface area contributed by atoms with Crippen molar-refractivity contribution in [3.8, 4) is 22.6 Å². The molecule has 4 aromatic carbocycles. The van der Waals surface area contributed by atoms with Crippen LogP contribution in [0, 0.1) is 5.92 Å². The third-order valence-electron chi connectivity index (χ3n) is 8.96. The van der Waals surface area contributed by atoms with E-state index >= 15 is 0 Å². The van der Waals surface area contributed by atoms with Gasteiger partial charge in [-0.1, -0.05) is 87.5 Å². The van der Waals surface area contributed by atoms with Crippen LogP contribution in [0.1, 0.15) is 58.1 Å². The lowest BCUT2D eigenvalue weighted by molar-refractivity contribution is -0.144. The minimum Gasteiger partial charge on any atom is -0.496 e. The van der Waals surface area contributed by atoms with Crippen LogP contribution in [0.3, 0.4) is 0 Å². The standard InChI is InChI=1S/C42H50N2O6/c1-9-16-35(28(5)45)44-41(46)36(43-26(2)3)25-32-24-30-19-13-15-22-34(30)38(40(32)49-7)37-33-21-14-12-18-29(33)23-31(39(37)48-6)20-11-10-17-27(4)42(47)50-8/h10-15,18-19,21-24,27,35-36,43H,2,9,16-17,20,25H2,1,3-8H3,(H,44,46)/b11-10-/t27-,35?,36?/m0/s1. The van der Waals surface area contributed by atoms with Crippen LogP contribution in [0.5, 0.6) is 11.5 Å². The lowest BCUT2D eigenvalue weighted by atomic mass is 9.87. The number of carbonyl (C=O) groups excluding carboxylic acids is 3. The molecule has 0 heterocycles. The Balaban J connectivity index is 1.92. The number of esters is 1. The van der Waals surface area contributed by atoms with Gasteiger partial charge in [-0.3, -0.25) is 14.4 Å². The molecule has 0 spiro atoms. The number of rotatable bonds is 17. The van der Waals surface area contributed by atoms with Crippen LogP contribution in [-0.4, -0.2) is 51.1 Å². The zero-order chi connectivity index (χ0) is 36.4. The van der Waals surface area contributed by atoms with Crippen LogP contribution >= 0.6 is 0 Å². The molecule has 8 heteroatoms. The summed E-state index contributed by atoms with van der Waals surface area (Å²) in [6, 6.07) is 19.3. The number of allylic oxidation sites excluding steroid dienone is 3. The summed E-state index contributed by atoms with van der Waals surface area (Å²) in [4.78, 5) is 38.1. The molecule has 50 heavy (non-hydrogen) atoms. The van der Waals surface area contributed by atoms with Gasteiger partial charge in [0.15, 0.2) is 5.78 Å². The number of hydrogen-bond acceptors (Lipinski definition) is 7. The molecule has 3 atom stereocenters. The Bertz CT molecular complexity index is 1890. The van der Waals surface area contributed by atoms with Gasteiger partial charge in [-0.2, -0.15) is 0 Å². The summed E-state index contributed by atoms with van der Waals surface area (Å²) in [6.07, 6.45) is 6.81. The number of methoxy groups -OCH3 is 3. The highest BCUT2D eigenvalue weighted by molar-refractivity contribution is 6.11. The number of carbonyl (C=O) groups is 3. The van der Waals surface area contributed by atoms with Crippen molar-refractivity contribution in [1.29, 1.82) is 0 Å². The number of nitrogens with one attached hydrogen (secondary N) is 2. The average molecular weight is 679 g/mol. The number of benzene rings is 4. The lowest BCUT2D eigenvalue weighted by Crippen LogP contribution is -2.50. The van der Waals surface area contributed by atoms with E-state index in [2.05, 4.69) is 59.7 Å². The van der Waals surface area contributed by atoms with Crippen LogP contribution in [0.2, 0.25) is 0 Å². The first kappa shape index (κ1) is 37.7. The molecule has 0 aliphatic rings. The van der Waals surface area contributed by atoms with Crippen LogP contribution in [0.15, 0.2) is 85.1 Å².